The van der Waals surface area contributed by atoms with Crippen LogP contribution >= 0.6 is 11.8 Å². The van der Waals surface area contributed by atoms with Crippen LogP contribution in [0.4, 0.5) is 11.5 Å². The molecule has 0 fully saturated rings. The number of benzene rings is 2. The number of phenolic OH excluding ortho intramolecular Hbond substituents is 1. The zero-order valence-corrected chi connectivity index (χ0v) is 12.9. The molecule has 2 aromatic carbocycles. The second kappa shape index (κ2) is 5.18. The van der Waals surface area contributed by atoms with Crippen LogP contribution in [-0.2, 0) is 6.42 Å². The predicted molar refractivity (Wildman–Crippen MR) is 90.1 cm³/mol. The molecule has 0 spiro atoms. The largest absolute Gasteiger partial charge is 0.506 e. The van der Waals surface area contributed by atoms with E-state index in [9.17, 15) is 5.11 Å². The minimum atomic E-state index is 0.230. The Labute approximate surface area is 132 Å². The molecule has 2 N–H and O–H groups in total. The fourth-order valence-corrected chi connectivity index (χ4v) is 3.94. The van der Waals surface area contributed by atoms with Gasteiger partial charge in [-0.25, -0.2) is 9.97 Å². The molecule has 2 heterocycles. The van der Waals surface area contributed by atoms with Crippen molar-refractivity contribution in [2.75, 3.05) is 11.1 Å². The predicted octanol–water partition coefficient (Wildman–Crippen LogP) is 4.04. The van der Waals surface area contributed by atoms with E-state index in [1.165, 1.54) is 10.5 Å². The second-order valence-electron chi connectivity index (χ2n) is 5.35. The van der Waals surface area contributed by atoms with Crippen molar-refractivity contribution in [3.63, 3.8) is 0 Å². The van der Waals surface area contributed by atoms with E-state index >= 15 is 0 Å². The molecule has 0 saturated carbocycles. The third kappa shape index (κ3) is 2.09. The SMILES string of the molecule is Cc1cccc(O)c1Nc1ncnc2ccc3c(c12)CCS3. The van der Waals surface area contributed by atoms with E-state index in [-0.39, 0.29) is 5.75 Å². The Bertz CT molecular complexity index is 859. The lowest BCUT2D eigenvalue weighted by Crippen LogP contribution is -2.00. The third-order valence-electron chi connectivity index (χ3n) is 3.97. The molecule has 22 heavy (non-hydrogen) atoms. The van der Waals surface area contributed by atoms with E-state index in [1.54, 1.807) is 12.4 Å². The summed E-state index contributed by atoms with van der Waals surface area (Å²) in [5.74, 6) is 2.08. The minimum Gasteiger partial charge on any atom is -0.506 e. The van der Waals surface area contributed by atoms with Gasteiger partial charge in [-0.3, -0.25) is 0 Å². The van der Waals surface area contributed by atoms with Gasteiger partial charge in [-0.1, -0.05) is 12.1 Å². The monoisotopic (exact) mass is 309 g/mol. The third-order valence-corrected chi connectivity index (χ3v) is 5.07. The van der Waals surface area contributed by atoms with Crippen molar-refractivity contribution in [1.29, 1.82) is 0 Å². The standard InChI is InChI=1S/C17H15N3OS/c1-10-3-2-4-13(21)16(10)20-17-15-11-7-8-22-14(11)6-5-12(15)18-9-19-17/h2-6,9,21H,7-8H2,1H3,(H,18,19,20). The van der Waals surface area contributed by atoms with Crippen molar-refractivity contribution < 1.29 is 5.11 Å². The maximum Gasteiger partial charge on any atom is 0.142 e. The van der Waals surface area contributed by atoms with Crippen molar-refractivity contribution >= 4 is 34.2 Å². The van der Waals surface area contributed by atoms with Gasteiger partial charge in [0.15, 0.2) is 0 Å². The Morgan fingerprint density at radius 2 is 2.09 bits per heavy atom. The molecule has 1 aliphatic heterocycles. The van der Waals surface area contributed by atoms with Gasteiger partial charge in [0.2, 0.25) is 0 Å². The highest BCUT2D eigenvalue weighted by Gasteiger charge is 2.18. The summed E-state index contributed by atoms with van der Waals surface area (Å²) in [7, 11) is 0. The lowest BCUT2D eigenvalue weighted by molar-refractivity contribution is 0.477. The maximum atomic E-state index is 10.1. The lowest BCUT2D eigenvalue weighted by atomic mass is 10.1. The highest BCUT2D eigenvalue weighted by molar-refractivity contribution is 7.99. The van der Waals surface area contributed by atoms with Crippen molar-refractivity contribution in [2.24, 2.45) is 0 Å². The van der Waals surface area contributed by atoms with E-state index in [1.807, 2.05) is 36.9 Å². The molecule has 0 radical (unpaired) electrons. The zero-order valence-electron chi connectivity index (χ0n) is 12.1. The van der Waals surface area contributed by atoms with Crippen molar-refractivity contribution in [2.45, 2.75) is 18.2 Å². The first-order chi connectivity index (χ1) is 10.7. The van der Waals surface area contributed by atoms with E-state index in [0.717, 1.165) is 34.5 Å². The van der Waals surface area contributed by atoms with E-state index < -0.39 is 0 Å². The zero-order chi connectivity index (χ0) is 15.1. The molecule has 0 unspecified atom stereocenters. The van der Waals surface area contributed by atoms with Gasteiger partial charge in [-0.2, -0.15) is 0 Å². The van der Waals surface area contributed by atoms with Gasteiger partial charge in [0.25, 0.3) is 0 Å². The van der Waals surface area contributed by atoms with Crippen LogP contribution in [0.3, 0.4) is 0 Å². The van der Waals surface area contributed by atoms with Crippen LogP contribution in [0.15, 0.2) is 41.6 Å². The number of fused-ring (bicyclic) bond motifs is 3. The number of para-hydroxylation sites is 1. The van der Waals surface area contributed by atoms with Gasteiger partial charge < -0.3 is 10.4 Å². The Morgan fingerprint density at radius 3 is 2.95 bits per heavy atom. The smallest absolute Gasteiger partial charge is 0.142 e. The average molecular weight is 309 g/mol. The van der Waals surface area contributed by atoms with Crippen LogP contribution in [0, 0.1) is 6.92 Å². The lowest BCUT2D eigenvalue weighted by Gasteiger charge is -2.14. The van der Waals surface area contributed by atoms with E-state index in [2.05, 4.69) is 21.4 Å². The Morgan fingerprint density at radius 1 is 1.18 bits per heavy atom. The van der Waals surface area contributed by atoms with Crippen LogP contribution in [0.5, 0.6) is 5.75 Å². The number of rotatable bonds is 2. The summed E-state index contributed by atoms with van der Waals surface area (Å²) in [6, 6.07) is 9.65. The molecule has 0 aliphatic carbocycles. The number of anilines is 2. The number of nitrogens with one attached hydrogen (secondary N) is 1. The Balaban J connectivity index is 1.91. The van der Waals surface area contributed by atoms with Gasteiger partial charge in [-0.15, -0.1) is 11.8 Å². The number of thioether (sulfide) groups is 1. The number of nitrogens with zero attached hydrogens (tertiary/aromatic N) is 2. The molecule has 1 aromatic heterocycles. The highest BCUT2D eigenvalue weighted by Crippen LogP contribution is 2.39. The van der Waals surface area contributed by atoms with Crippen LogP contribution in [0.1, 0.15) is 11.1 Å². The van der Waals surface area contributed by atoms with Gasteiger partial charge in [0.1, 0.15) is 17.9 Å². The topological polar surface area (TPSA) is 58.0 Å². The first-order valence-electron chi connectivity index (χ1n) is 7.19. The molecule has 4 nitrogen and oxygen atoms in total. The number of hydrogen-bond donors (Lipinski definition) is 2. The molecule has 3 aromatic rings. The van der Waals surface area contributed by atoms with Crippen molar-refractivity contribution in [3.05, 3.63) is 47.8 Å². The summed E-state index contributed by atoms with van der Waals surface area (Å²) in [6.07, 6.45) is 2.59. The van der Waals surface area contributed by atoms with Crippen LogP contribution < -0.4 is 5.32 Å². The average Bonchev–Trinajstić information content (AvgIpc) is 2.99. The van der Waals surface area contributed by atoms with Crippen molar-refractivity contribution in [1.82, 2.24) is 9.97 Å². The van der Waals surface area contributed by atoms with Gasteiger partial charge in [0, 0.05) is 16.0 Å². The first kappa shape index (κ1) is 13.4. The summed E-state index contributed by atoms with van der Waals surface area (Å²) < 4.78 is 0. The molecule has 4 rings (SSSR count). The Kier molecular flexibility index (Phi) is 3.15. The molecule has 110 valence electrons. The molecule has 0 saturated heterocycles. The minimum absolute atomic E-state index is 0.230. The fourth-order valence-electron chi connectivity index (χ4n) is 2.88. The number of aromatic hydroxyl groups is 1. The number of aromatic nitrogens is 2. The molecule has 0 bridgehead atoms. The summed E-state index contributed by atoms with van der Waals surface area (Å²) in [5.41, 5.74) is 3.92. The first-order valence-corrected chi connectivity index (χ1v) is 8.17. The molecule has 5 heteroatoms. The number of aryl methyl sites for hydroxylation is 2. The van der Waals surface area contributed by atoms with Gasteiger partial charge in [-0.05, 0) is 42.7 Å². The summed E-state index contributed by atoms with van der Waals surface area (Å²) in [5, 5.41) is 14.5. The van der Waals surface area contributed by atoms with Crippen LogP contribution in [0.25, 0.3) is 10.9 Å². The molecular weight excluding hydrogens is 294 g/mol. The summed E-state index contributed by atoms with van der Waals surface area (Å²) >= 11 is 1.87. The Hall–Kier alpha value is -2.27. The molecular formula is C17H15N3OS. The number of hydrogen-bond acceptors (Lipinski definition) is 5. The van der Waals surface area contributed by atoms with E-state index in [0.29, 0.717) is 5.69 Å². The quantitative estimate of drug-likeness (QED) is 0.700. The molecule has 0 amide bonds. The van der Waals surface area contributed by atoms with Crippen molar-refractivity contribution in [3.8, 4) is 5.75 Å². The summed E-state index contributed by atoms with van der Waals surface area (Å²) in [6.45, 7) is 1.96. The molecule has 0 atom stereocenters. The van der Waals surface area contributed by atoms with Gasteiger partial charge in [0.05, 0.1) is 11.2 Å². The van der Waals surface area contributed by atoms with Crippen LogP contribution in [0.2, 0.25) is 0 Å². The van der Waals surface area contributed by atoms with E-state index in [4.69, 9.17) is 0 Å². The normalized spacial score (nSPS) is 13.3. The maximum absolute atomic E-state index is 10.1. The van der Waals surface area contributed by atoms with Crippen LogP contribution in [-0.4, -0.2) is 20.8 Å². The second-order valence-corrected chi connectivity index (χ2v) is 6.49. The van der Waals surface area contributed by atoms with Gasteiger partial charge >= 0.3 is 0 Å². The number of phenols is 1. The highest BCUT2D eigenvalue weighted by atomic mass is 32.2. The fraction of sp³-hybridized carbons (Fsp3) is 0.176. The molecule has 1 aliphatic rings. The summed E-state index contributed by atoms with van der Waals surface area (Å²) in [4.78, 5) is 10.1.